The summed E-state index contributed by atoms with van der Waals surface area (Å²) in [6, 6.07) is 12.0. The Morgan fingerprint density at radius 2 is 1.96 bits per heavy atom. The van der Waals surface area contributed by atoms with Crippen LogP contribution in [0.4, 0.5) is 5.82 Å². The second kappa shape index (κ2) is 7.13. The first-order valence-corrected chi connectivity index (χ1v) is 8.66. The lowest BCUT2D eigenvalue weighted by molar-refractivity contribution is 0.0930. The van der Waals surface area contributed by atoms with Gasteiger partial charge in [-0.05, 0) is 59.5 Å². The highest BCUT2D eigenvalue weighted by Gasteiger charge is 2.22. The summed E-state index contributed by atoms with van der Waals surface area (Å²) < 4.78 is 0.988. The minimum atomic E-state index is 0.0308. The number of pyridine rings is 1. The molecule has 120 valence electrons. The molecule has 0 aliphatic carbocycles. The standard InChI is InChI=1S/C18H20BrN3O/c1-13-4-2-3-5-16(13)18(23)21-15-8-10-22(11-9-15)17-7-6-14(19)12-20-17/h2-7,12,15H,8-11H2,1H3,(H,21,23). The van der Waals surface area contributed by atoms with Crippen molar-refractivity contribution < 1.29 is 4.79 Å². The molecule has 1 saturated heterocycles. The van der Waals surface area contributed by atoms with Gasteiger partial charge in [0.2, 0.25) is 0 Å². The molecular weight excluding hydrogens is 354 g/mol. The van der Waals surface area contributed by atoms with Crippen LogP contribution < -0.4 is 10.2 Å². The third-order valence-corrected chi connectivity index (χ3v) is 4.72. The van der Waals surface area contributed by atoms with E-state index in [1.807, 2.05) is 49.5 Å². The minimum Gasteiger partial charge on any atom is -0.356 e. The molecule has 0 atom stereocenters. The predicted octanol–water partition coefficient (Wildman–Crippen LogP) is 3.55. The number of piperidine rings is 1. The zero-order valence-corrected chi connectivity index (χ0v) is 14.7. The van der Waals surface area contributed by atoms with Crippen LogP contribution in [0, 0.1) is 6.92 Å². The Bertz CT molecular complexity index is 679. The second-order valence-electron chi connectivity index (χ2n) is 5.88. The van der Waals surface area contributed by atoms with Gasteiger partial charge in [0.15, 0.2) is 0 Å². The van der Waals surface area contributed by atoms with Gasteiger partial charge in [-0.2, -0.15) is 0 Å². The Morgan fingerprint density at radius 3 is 2.61 bits per heavy atom. The van der Waals surface area contributed by atoms with Crippen molar-refractivity contribution in [1.29, 1.82) is 0 Å². The number of carbonyl (C=O) groups excluding carboxylic acids is 1. The maximum Gasteiger partial charge on any atom is 0.251 e. The van der Waals surface area contributed by atoms with Gasteiger partial charge in [0.25, 0.3) is 5.91 Å². The molecule has 23 heavy (non-hydrogen) atoms. The lowest BCUT2D eigenvalue weighted by Gasteiger charge is -2.33. The first-order valence-electron chi connectivity index (χ1n) is 7.86. The SMILES string of the molecule is Cc1ccccc1C(=O)NC1CCN(c2ccc(Br)cn2)CC1. The van der Waals surface area contributed by atoms with E-state index in [4.69, 9.17) is 0 Å². The molecule has 1 aliphatic rings. The summed E-state index contributed by atoms with van der Waals surface area (Å²) in [5, 5.41) is 3.16. The first kappa shape index (κ1) is 16.0. The number of carbonyl (C=O) groups is 1. The molecule has 0 radical (unpaired) electrons. The van der Waals surface area contributed by atoms with Gasteiger partial charge >= 0.3 is 0 Å². The fourth-order valence-electron chi connectivity index (χ4n) is 2.90. The Labute approximate surface area is 145 Å². The van der Waals surface area contributed by atoms with Gasteiger partial charge in [-0.25, -0.2) is 4.98 Å². The number of anilines is 1. The lowest BCUT2D eigenvalue weighted by Crippen LogP contribution is -2.45. The molecule has 4 nitrogen and oxygen atoms in total. The zero-order chi connectivity index (χ0) is 16.2. The smallest absolute Gasteiger partial charge is 0.251 e. The van der Waals surface area contributed by atoms with E-state index in [2.05, 4.69) is 31.1 Å². The monoisotopic (exact) mass is 373 g/mol. The van der Waals surface area contributed by atoms with Gasteiger partial charge in [0, 0.05) is 35.4 Å². The van der Waals surface area contributed by atoms with Gasteiger partial charge in [0.1, 0.15) is 5.82 Å². The molecule has 1 amide bonds. The molecule has 5 heteroatoms. The van der Waals surface area contributed by atoms with Crippen LogP contribution in [0.25, 0.3) is 0 Å². The molecule has 1 aromatic heterocycles. The molecule has 1 N–H and O–H groups in total. The Morgan fingerprint density at radius 1 is 1.22 bits per heavy atom. The average Bonchev–Trinajstić information content (AvgIpc) is 2.57. The fraction of sp³-hybridized carbons (Fsp3) is 0.333. The number of hydrogen-bond acceptors (Lipinski definition) is 3. The molecule has 1 aliphatic heterocycles. The number of rotatable bonds is 3. The van der Waals surface area contributed by atoms with Crippen LogP contribution in [-0.4, -0.2) is 30.0 Å². The number of benzene rings is 1. The highest BCUT2D eigenvalue weighted by atomic mass is 79.9. The second-order valence-corrected chi connectivity index (χ2v) is 6.80. The van der Waals surface area contributed by atoms with Gasteiger partial charge in [0.05, 0.1) is 0 Å². The highest BCUT2D eigenvalue weighted by Crippen LogP contribution is 2.20. The number of hydrogen-bond donors (Lipinski definition) is 1. The third-order valence-electron chi connectivity index (χ3n) is 4.26. The molecule has 2 aromatic rings. The van der Waals surface area contributed by atoms with E-state index < -0.39 is 0 Å². The molecule has 2 heterocycles. The van der Waals surface area contributed by atoms with Crippen molar-refractivity contribution in [3.05, 3.63) is 58.2 Å². The summed E-state index contributed by atoms with van der Waals surface area (Å²) in [4.78, 5) is 19.1. The molecule has 3 rings (SSSR count). The number of halogens is 1. The largest absolute Gasteiger partial charge is 0.356 e. The van der Waals surface area contributed by atoms with Crippen molar-refractivity contribution in [3.63, 3.8) is 0 Å². The van der Waals surface area contributed by atoms with E-state index >= 15 is 0 Å². The van der Waals surface area contributed by atoms with Crippen molar-refractivity contribution in [2.24, 2.45) is 0 Å². The van der Waals surface area contributed by atoms with Crippen molar-refractivity contribution in [1.82, 2.24) is 10.3 Å². The molecule has 1 aromatic carbocycles. The average molecular weight is 374 g/mol. The maximum atomic E-state index is 12.4. The van der Waals surface area contributed by atoms with Gasteiger partial charge in [-0.3, -0.25) is 4.79 Å². The molecule has 0 unspecified atom stereocenters. The molecular formula is C18H20BrN3O. The molecule has 0 saturated carbocycles. The first-order chi connectivity index (χ1) is 11.1. The summed E-state index contributed by atoms with van der Waals surface area (Å²) in [7, 11) is 0. The van der Waals surface area contributed by atoms with Crippen molar-refractivity contribution in [2.45, 2.75) is 25.8 Å². The van der Waals surface area contributed by atoms with E-state index in [9.17, 15) is 4.79 Å². The number of nitrogens with zero attached hydrogens (tertiary/aromatic N) is 2. The normalized spacial score (nSPS) is 15.5. The summed E-state index contributed by atoms with van der Waals surface area (Å²) in [5.74, 6) is 1.03. The number of amides is 1. The third kappa shape index (κ3) is 3.91. The van der Waals surface area contributed by atoms with Crippen LogP contribution >= 0.6 is 15.9 Å². The Balaban J connectivity index is 1.56. The van der Waals surface area contributed by atoms with Crippen molar-refractivity contribution >= 4 is 27.7 Å². The van der Waals surface area contributed by atoms with E-state index in [1.165, 1.54) is 0 Å². The van der Waals surface area contributed by atoms with E-state index in [0.717, 1.165) is 47.3 Å². The van der Waals surface area contributed by atoms with Crippen molar-refractivity contribution in [3.8, 4) is 0 Å². The van der Waals surface area contributed by atoms with Crippen LogP contribution in [0.3, 0.4) is 0 Å². The molecule has 0 spiro atoms. The topological polar surface area (TPSA) is 45.2 Å². The summed E-state index contributed by atoms with van der Waals surface area (Å²) in [5.41, 5.74) is 1.78. The van der Waals surface area contributed by atoms with Crippen LogP contribution in [0.15, 0.2) is 47.1 Å². The summed E-state index contributed by atoms with van der Waals surface area (Å²) in [6.45, 7) is 3.79. The van der Waals surface area contributed by atoms with Gasteiger partial charge in [-0.1, -0.05) is 18.2 Å². The van der Waals surface area contributed by atoms with Crippen molar-refractivity contribution in [2.75, 3.05) is 18.0 Å². The van der Waals surface area contributed by atoms with E-state index in [1.54, 1.807) is 0 Å². The van der Waals surface area contributed by atoms with Crippen LogP contribution in [0.1, 0.15) is 28.8 Å². The minimum absolute atomic E-state index is 0.0308. The highest BCUT2D eigenvalue weighted by molar-refractivity contribution is 9.10. The fourth-order valence-corrected chi connectivity index (χ4v) is 3.13. The number of aromatic nitrogens is 1. The Kier molecular flexibility index (Phi) is 4.96. The summed E-state index contributed by atoms with van der Waals surface area (Å²) >= 11 is 3.41. The lowest BCUT2D eigenvalue weighted by atomic mass is 10.0. The van der Waals surface area contributed by atoms with E-state index in [0.29, 0.717) is 0 Å². The van der Waals surface area contributed by atoms with Crippen LogP contribution in [-0.2, 0) is 0 Å². The molecule has 0 bridgehead atoms. The van der Waals surface area contributed by atoms with Crippen LogP contribution in [0.2, 0.25) is 0 Å². The van der Waals surface area contributed by atoms with Gasteiger partial charge in [-0.15, -0.1) is 0 Å². The summed E-state index contributed by atoms with van der Waals surface area (Å²) in [6.07, 6.45) is 3.70. The molecule has 1 fully saturated rings. The predicted molar refractivity (Wildman–Crippen MR) is 95.8 cm³/mol. The quantitative estimate of drug-likeness (QED) is 0.894. The van der Waals surface area contributed by atoms with E-state index in [-0.39, 0.29) is 11.9 Å². The van der Waals surface area contributed by atoms with Gasteiger partial charge < -0.3 is 10.2 Å². The van der Waals surface area contributed by atoms with Crippen LogP contribution in [0.5, 0.6) is 0 Å². The number of aryl methyl sites for hydroxylation is 1. The maximum absolute atomic E-state index is 12.4. The zero-order valence-electron chi connectivity index (χ0n) is 13.1. The number of nitrogens with one attached hydrogen (secondary N) is 1. The Hall–Kier alpha value is -1.88.